The Balaban J connectivity index is 1.76. The summed E-state index contributed by atoms with van der Waals surface area (Å²) in [6, 6.07) is 15.9. The molecule has 3 N–H and O–H groups in total. The van der Waals surface area contributed by atoms with Gasteiger partial charge in [-0.3, -0.25) is 0 Å². The van der Waals surface area contributed by atoms with Gasteiger partial charge in [0.05, 0.1) is 0 Å². The van der Waals surface area contributed by atoms with Gasteiger partial charge in [-0.1, -0.05) is 55.1 Å². The van der Waals surface area contributed by atoms with Crippen LogP contribution >= 0.6 is 0 Å². The zero-order valence-electron chi connectivity index (χ0n) is 14.4. The minimum atomic E-state index is -1.17. The second-order valence-corrected chi connectivity index (χ2v) is 5.62. The molecule has 2 aromatic carbocycles. The van der Waals surface area contributed by atoms with E-state index in [2.05, 4.69) is 11.9 Å². The Hall–Kier alpha value is -2.83. The molecule has 0 aromatic heterocycles. The van der Waals surface area contributed by atoms with Crippen LogP contribution in [0.3, 0.4) is 0 Å². The number of alkyl carbamates (subject to hydrolysis) is 1. The molecule has 0 spiro atoms. The van der Waals surface area contributed by atoms with E-state index in [9.17, 15) is 15.0 Å². The summed E-state index contributed by atoms with van der Waals surface area (Å²) in [6.07, 6.45) is -1.33. The van der Waals surface area contributed by atoms with Gasteiger partial charge in [-0.25, -0.2) is 4.79 Å². The van der Waals surface area contributed by atoms with E-state index in [0.29, 0.717) is 17.9 Å². The van der Waals surface area contributed by atoms with Crippen molar-refractivity contribution in [3.05, 3.63) is 78.4 Å². The van der Waals surface area contributed by atoms with E-state index < -0.39 is 18.3 Å². The molecule has 0 aliphatic carbocycles. The molecule has 2 unspecified atom stereocenters. The van der Waals surface area contributed by atoms with Crippen LogP contribution in [-0.4, -0.2) is 35.6 Å². The number of benzene rings is 2. The fourth-order valence-corrected chi connectivity index (χ4v) is 2.21. The van der Waals surface area contributed by atoms with Crippen molar-refractivity contribution in [3.8, 4) is 5.75 Å². The van der Waals surface area contributed by atoms with Crippen LogP contribution in [0.4, 0.5) is 4.79 Å². The highest BCUT2D eigenvalue weighted by Gasteiger charge is 2.19. The number of hydrogen-bond acceptors (Lipinski definition) is 5. The smallest absolute Gasteiger partial charge is 0.407 e. The number of carbonyl (C=O) groups is 1. The van der Waals surface area contributed by atoms with Crippen molar-refractivity contribution >= 4 is 6.09 Å². The van der Waals surface area contributed by atoms with Crippen molar-refractivity contribution in [1.82, 2.24) is 5.32 Å². The van der Waals surface area contributed by atoms with E-state index in [0.717, 1.165) is 5.56 Å². The molecule has 6 nitrogen and oxygen atoms in total. The van der Waals surface area contributed by atoms with Crippen LogP contribution in [0.1, 0.15) is 17.2 Å². The Morgan fingerprint density at radius 2 is 1.81 bits per heavy atom. The van der Waals surface area contributed by atoms with Crippen LogP contribution in [0.25, 0.3) is 0 Å². The van der Waals surface area contributed by atoms with Crippen molar-refractivity contribution in [2.45, 2.75) is 18.8 Å². The molecule has 0 bridgehead atoms. The number of carbonyl (C=O) groups excluding carboxylic acids is 1. The lowest BCUT2D eigenvalue weighted by molar-refractivity contribution is 0.0184. The summed E-state index contributed by atoms with van der Waals surface area (Å²) in [4.78, 5) is 11.7. The van der Waals surface area contributed by atoms with Gasteiger partial charge in [0.15, 0.2) is 0 Å². The second-order valence-electron chi connectivity index (χ2n) is 5.62. The minimum Gasteiger partial charge on any atom is -0.490 e. The van der Waals surface area contributed by atoms with Gasteiger partial charge in [0.25, 0.3) is 0 Å². The van der Waals surface area contributed by atoms with Crippen molar-refractivity contribution < 1.29 is 24.5 Å². The zero-order valence-corrected chi connectivity index (χ0v) is 14.4. The average molecular weight is 357 g/mol. The Morgan fingerprint density at radius 3 is 2.46 bits per heavy atom. The standard InChI is InChI=1S/C20H23NO5/c1-2-12-25-17-10-8-16(9-11-17)19(23)18(22)13-21-20(24)26-14-15-6-4-3-5-7-15/h2-11,18-19,22-23H,1,12-14H2,(H,21,24). The molecule has 138 valence electrons. The summed E-state index contributed by atoms with van der Waals surface area (Å²) < 4.78 is 10.4. The number of aliphatic hydroxyl groups excluding tert-OH is 2. The third-order valence-electron chi connectivity index (χ3n) is 3.62. The molecule has 2 atom stereocenters. The summed E-state index contributed by atoms with van der Waals surface area (Å²) >= 11 is 0. The summed E-state index contributed by atoms with van der Waals surface area (Å²) in [7, 11) is 0. The fourth-order valence-electron chi connectivity index (χ4n) is 2.21. The first-order valence-electron chi connectivity index (χ1n) is 8.24. The molecule has 0 saturated carbocycles. The lowest BCUT2D eigenvalue weighted by Gasteiger charge is -2.19. The first-order valence-corrected chi connectivity index (χ1v) is 8.24. The van der Waals surface area contributed by atoms with Crippen LogP contribution in [-0.2, 0) is 11.3 Å². The lowest BCUT2D eigenvalue weighted by atomic mass is 10.0. The Morgan fingerprint density at radius 1 is 1.12 bits per heavy atom. The van der Waals surface area contributed by atoms with Gasteiger partial charge in [-0.15, -0.1) is 0 Å². The summed E-state index contributed by atoms with van der Waals surface area (Å²) in [5.41, 5.74) is 1.38. The monoisotopic (exact) mass is 357 g/mol. The second kappa shape index (κ2) is 10.2. The van der Waals surface area contributed by atoms with Gasteiger partial charge in [-0.05, 0) is 23.3 Å². The fraction of sp³-hybridized carbons (Fsp3) is 0.250. The minimum absolute atomic E-state index is 0.135. The van der Waals surface area contributed by atoms with Gasteiger partial charge in [-0.2, -0.15) is 0 Å². The molecule has 0 saturated heterocycles. The van der Waals surface area contributed by atoms with Crippen LogP contribution in [0.15, 0.2) is 67.3 Å². The summed E-state index contributed by atoms with van der Waals surface area (Å²) in [5.74, 6) is 0.637. The Kier molecular flexibility index (Phi) is 7.67. The highest BCUT2D eigenvalue weighted by atomic mass is 16.5. The van der Waals surface area contributed by atoms with Crippen molar-refractivity contribution in [3.63, 3.8) is 0 Å². The van der Waals surface area contributed by atoms with Crippen LogP contribution < -0.4 is 10.1 Å². The van der Waals surface area contributed by atoms with E-state index in [4.69, 9.17) is 9.47 Å². The first kappa shape index (κ1) is 19.5. The summed E-state index contributed by atoms with van der Waals surface area (Å²) in [5, 5.41) is 22.7. The number of ether oxygens (including phenoxy) is 2. The first-order chi connectivity index (χ1) is 12.6. The number of amides is 1. The number of aliphatic hydroxyl groups is 2. The molecule has 0 aliphatic rings. The summed E-state index contributed by atoms with van der Waals surface area (Å²) in [6.45, 7) is 3.96. The number of nitrogens with one attached hydrogen (secondary N) is 1. The molecule has 0 heterocycles. The van der Waals surface area contributed by atoms with E-state index in [1.807, 2.05) is 30.3 Å². The number of rotatable bonds is 9. The van der Waals surface area contributed by atoms with E-state index in [1.165, 1.54) is 0 Å². The molecule has 26 heavy (non-hydrogen) atoms. The highest BCUT2D eigenvalue weighted by Crippen LogP contribution is 2.20. The number of hydrogen-bond donors (Lipinski definition) is 3. The van der Waals surface area contributed by atoms with Crippen LogP contribution in [0, 0.1) is 0 Å². The van der Waals surface area contributed by atoms with Gasteiger partial charge < -0.3 is 25.0 Å². The molecular weight excluding hydrogens is 334 g/mol. The highest BCUT2D eigenvalue weighted by molar-refractivity contribution is 5.67. The third-order valence-corrected chi connectivity index (χ3v) is 3.62. The van der Waals surface area contributed by atoms with Crippen molar-refractivity contribution in [1.29, 1.82) is 0 Å². The normalized spacial score (nSPS) is 12.7. The molecule has 6 heteroatoms. The van der Waals surface area contributed by atoms with Crippen LogP contribution in [0.2, 0.25) is 0 Å². The van der Waals surface area contributed by atoms with E-state index >= 15 is 0 Å². The SMILES string of the molecule is C=CCOc1ccc(C(O)C(O)CNC(=O)OCc2ccccc2)cc1. The maximum Gasteiger partial charge on any atom is 0.407 e. The van der Waals surface area contributed by atoms with Crippen molar-refractivity contribution in [2.24, 2.45) is 0 Å². The molecule has 2 rings (SSSR count). The molecular formula is C20H23NO5. The van der Waals surface area contributed by atoms with Gasteiger partial charge in [0.1, 0.15) is 31.2 Å². The molecule has 0 radical (unpaired) electrons. The van der Waals surface area contributed by atoms with Crippen molar-refractivity contribution in [2.75, 3.05) is 13.2 Å². The molecule has 1 amide bonds. The zero-order chi connectivity index (χ0) is 18.8. The van der Waals surface area contributed by atoms with Crippen LogP contribution in [0.5, 0.6) is 5.75 Å². The molecule has 0 aliphatic heterocycles. The maximum atomic E-state index is 11.7. The topological polar surface area (TPSA) is 88.0 Å². The van der Waals surface area contributed by atoms with E-state index in [-0.39, 0.29) is 13.2 Å². The van der Waals surface area contributed by atoms with E-state index in [1.54, 1.807) is 30.3 Å². The quantitative estimate of drug-likeness (QED) is 0.601. The largest absolute Gasteiger partial charge is 0.490 e. The Labute approximate surface area is 152 Å². The Bertz CT molecular complexity index is 687. The molecule has 0 fully saturated rings. The third kappa shape index (κ3) is 6.23. The average Bonchev–Trinajstić information content (AvgIpc) is 2.69. The van der Waals surface area contributed by atoms with Gasteiger partial charge in [0, 0.05) is 6.54 Å². The predicted octanol–water partition coefficient (Wildman–Crippen LogP) is 2.57. The molecule has 2 aromatic rings. The predicted molar refractivity (Wildman–Crippen MR) is 97.7 cm³/mol. The van der Waals surface area contributed by atoms with Gasteiger partial charge in [0.2, 0.25) is 0 Å². The maximum absolute atomic E-state index is 11.7. The lowest BCUT2D eigenvalue weighted by Crippen LogP contribution is -2.35. The van der Waals surface area contributed by atoms with Gasteiger partial charge >= 0.3 is 6.09 Å².